The highest BCUT2D eigenvalue weighted by Gasteiger charge is 2.11. The third-order valence-electron chi connectivity index (χ3n) is 3.90. The Morgan fingerprint density at radius 1 is 1.04 bits per heavy atom. The molecule has 0 atom stereocenters. The van der Waals surface area contributed by atoms with E-state index in [-0.39, 0.29) is 11.7 Å². The van der Waals surface area contributed by atoms with Crippen molar-refractivity contribution >= 4 is 22.9 Å². The number of benzene rings is 3. The summed E-state index contributed by atoms with van der Waals surface area (Å²) in [5, 5.41) is 17.5. The van der Waals surface area contributed by atoms with Crippen molar-refractivity contribution in [3.05, 3.63) is 77.4 Å². The summed E-state index contributed by atoms with van der Waals surface area (Å²) < 4.78 is 0. The molecule has 0 aliphatic heterocycles. The largest absolute Gasteiger partial charge is 0.507 e. The van der Waals surface area contributed by atoms with Gasteiger partial charge in [0.1, 0.15) is 5.75 Å². The molecule has 3 rings (SSSR count). The molecular formula is C20H18N2O2. The van der Waals surface area contributed by atoms with Gasteiger partial charge in [0.2, 0.25) is 0 Å². The topological polar surface area (TPSA) is 52.9 Å². The molecule has 0 radical (unpaired) electrons. The van der Waals surface area contributed by atoms with Crippen LogP contribution in [0, 0.1) is 6.92 Å². The van der Waals surface area contributed by atoms with Crippen molar-refractivity contribution < 1.29 is 9.90 Å². The van der Waals surface area contributed by atoms with Gasteiger partial charge in [0.05, 0.1) is 6.21 Å². The minimum atomic E-state index is -0.203. The van der Waals surface area contributed by atoms with Gasteiger partial charge in [0, 0.05) is 18.2 Å². The molecular weight excluding hydrogens is 300 g/mol. The van der Waals surface area contributed by atoms with Crippen LogP contribution in [0.2, 0.25) is 0 Å². The number of rotatable bonds is 3. The van der Waals surface area contributed by atoms with Crippen LogP contribution in [-0.2, 0) is 0 Å². The van der Waals surface area contributed by atoms with Crippen LogP contribution in [-0.4, -0.2) is 29.3 Å². The Morgan fingerprint density at radius 2 is 1.75 bits per heavy atom. The number of amides is 1. The quantitative estimate of drug-likeness (QED) is 0.587. The summed E-state index contributed by atoms with van der Waals surface area (Å²) in [7, 11) is 1.60. The first-order valence-corrected chi connectivity index (χ1v) is 7.65. The third-order valence-corrected chi connectivity index (χ3v) is 3.90. The number of carbonyl (C=O) groups excluding carboxylic acids is 1. The number of aromatic hydroxyl groups is 1. The van der Waals surface area contributed by atoms with Gasteiger partial charge in [0.15, 0.2) is 0 Å². The van der Waals surface area contributed by atoms with Crippen molar-refractivity contribution in [1.82, 2.24) is 5.01 Å². The first-order chi connectivity index (χ1) is 11.6. The minimum absolute atomic E-state index is 0.133. The molecule has 0 aromatic heterocycles. The van der Waals surface area contributed by atoms with E-state index in [0.29, 0.717) is 11.1 Å². The van der Waals surface area contributed by atoms with Crippen LogP contribution < -0.4 is 0 Å². The molecule has 0 bridgehead atoms. The second-order valence-electron chi connectivity index (χ2n) is 5.66. The first kappa shape index (κ1) is 15.7. The summed E-state index contributed by atoms with van der Waals surface area (Å²) in [6.45, 7) is 1.97. The van der Waals surface area contributed by atoms with E-state index in [4.69, 9.17) is 0 Å². The van der Waals surface area contributed by atoms with Crippen molar-refractivity contribution in [2.45, 2.75) is 6.92 Å². The summed E-state index contributed by atoms with van der Waals surface area (Å²) in [5.74, 6) is -0.0698. The van der Waals surface area contributed by atoms with E-state index < -0.39 is 0 Å². The second-order valence-corrected chi connectivity index (χ2v) is 5.66. The zero-order chi connectivity index (χ0) is 17.1. The average molecular weight is 318 g/mol. The van der Waals surface area contributed by atoms with Crippen LogP contribution in [0.3, 0.4) is 0 Å². The lowest BCUT2D eigenvalue weighted by Crippen LogP contribution is -2.21. The molecule has 4 heteroatoms. The van der Waals surface area contributed by atoms with E-state index in [1.54, 1.807) is 25.2 Å². The maximum absolute atomic E-state index is 12.4. The molecule has 0 spiro atoms. The van der Waals surface area contributed by atoms with E-state index in [2.05, 4.69) is 5.10 Å². The van der Waals surface area contributed by atoms with Crippen LogP contribution in [0.25, 0.3) is 10.8 Å². The normalized spacial score (nSPS) is 11.1. The van der Waals surface area contributed by atoms with Gasteiger partial charge < -0.3 is 5.11 Å². The summed E-state index contributed by atoms with van der Waals surface area (Å²) in [4.78, 5) is 12.4. The number of phenols is 1. The minimum Gasteiger partial charge on any atom is -0.507 e. The Morgan fingerprint density at radius 3 is 2.50 bits per heavy atom. The second kappa shape index (κ2) is 6.54. The number of hydrazone groups is 1. The fraction of sp³-hybridized carbons (Fsp3) is 0.100. The Labute approximate surface area is 140 Å². The van der Waals surface area contributed by atoms with Gasteiger partial charge in [-0.2, -0.15) is 5.10 Å². The van der Waals surface area contributed by atoms with Crippen LogP contribution in [0.1, 0.15) is 21.5 Å². The molecule has 0 aliphatic carbocycles. The Balaban J connectivity index is 1.89. The number of phenolic OH excluding ortho intramolecular Hbond substituents is 1. The van der Waals surface area contributed by atoms with Crippen LogP contribution in [0.15, 0.2) is 65.8 Å². The van der Waals surface area contributed by atoms with Crippen molar-refractivity contribution in [3.63, 3.8) is 0 Å². The third kappa shape index (κ3) is 3.13. The van der Waals surface area contributed by atoms with Gasteiger partial charge in [-0.1, -0.05) is 48.0 Å². The standard InChI is InChI=1S/C20H18N2O2/c1-14-7-9-16(10-8-14)20(24)22(2)21-13-18-17-6-4-3-5-15(17)11-12-19(18)23/h3-13,23H,1-2H3/b21-13+. The Bertz CT molecular complexity index is 915. The number of hydrogen-bond donors (Lipinski definition) is 1. The molecule has 0 fully saturated rings. The predicted octanol–water partition coefficient (Wildman–Crippen LogP) is 3.96. The highest BCUT2D eigenvalue weighted by atomic mass is 16.3. The lowest BCUT2D eigenvalue weighted by Gasteiger charge is -2.12. The molecule has 0 aliphatic rings. The molecule has 120 valence electrons. The zero-order valence-electron chi connectivity index (χ0n) is 13.6. The lowest BCUT2D eigenvalue weighted by atomic mass is 10.0. The number of fused-ring (bicyclic) bond motifs is 1. The molecule has 3 aromatic carbocycles. The van der Waals surface area contributed by atoms with Gasteiger partial charge in [-0.15, -0.1) is 0 Å². The molecule has 4 nitrogen and oxygen atoms in total. The van der Waals surface area contributed by atoms with E-state index in [1.807, 2.05) is 49.4 Å². The zero-order valence-corrected chi connectivity index (χ0v) is 13.6. The first-order valence-electron chi connectivity index (χ1n) is 7.65. The van der Waals surface area contributed by atoms with E-state index >= 15 is 0 Å². The maximum atomic E-state index is 12.4. The van der Waals surface area contributed by atoms with Crippen molar-refractivity contribution in [3.8, 4) is 5.75 Å². The molecule has 3 aromatic rings. The van der Waals surface area contributed by atoms with E-state index in [9.17, 15) is 9.90 Å². The maximum Gasteiger partial charge on any atom is 0.273 e. The average Bonchev–Trinajstić information content (AvgIpc) is 2.60. The van der Waals surface area contributed by atoms with Gasteiger partial charge in [0.25, 0.3) is 5.91 Å². The number of aryl methyl sites for hydroxylation is 1. The van der Waals surface area contributed by atoms with E-state index in [0.717, 1.165) is 16.3 Å². The molecule has 1 amide bonds. The Kier molecular flexibility index (Phi) is 4.29. The summed E-state index contributed by atoms with van der Waals surface area (Å²) in [6.07, 6.45) is 1.52. The fourth-order valence-corrected chi connectivity index (χ4v) is 2.50. The van der Waals surface area contributed by atoms with Crippen LogP contribution in [0.5, 0.6) is 5.75 Å². The number of nitrogens with zero attached hydrogens (tertiary/aromatic N) is 2. The highest BCUT2D eigenvalue weighted by Crippen LogP contribution is 2.25. The van der Waals surface area contributed by atoms with Crippen molar-refractivity contribution in [2.24, 2.45) is 5.10 Å². The monoisotopic (exact) mass is 318 g/mol. The van der Waals surface area contributed by atoms with Crippen molar-refractivity contribution in [1.29, 1.82) is 0 Å². The molecule has 0 unspecified atom stereocenters. The highest BCUT2D eigenvalue weighted by molar-refractivity contribution is 6.03. The predicted molar refractivity (Wildman–Crippen MR) is 96.5 cm³/mol. The summed E-state index contributed by atoms with van der Waals surface area (Å²) in [6, 6.07) is 18.5. The van der Waals surface area contributed by atoms with Gasteiger partial charge in [-0.3, -0.25) is 4.79 Å². The molecule has 0 heterocycles. The lowest BCUT2D eigenvalue weighted by molar-refractivity contribution is 0.0800. The molecule has 1 N–H and O–H groups in total. The van der Waals surface area contributed by atoms with E-state index in [1.165, 1.54) is 11.2 Å². The van der Waals surface area contributed by atoms with Crippen molar-refractivity contribution in [2.75, 3.05) is 7.05 Å². The molecule has 0 saturated carbocycles. The summed E-state index contributed by atoms with van der Waals surface area (Å²) in [5.41, 5.74) is 2.26. The molecule has 24 heavy (non-hydrogen) atoms. The van der Waals surface area contributed by atoms with Gasteiger partial charge in [-0.25, -0.2) is 5.01 Å². The SMILES string of the molecule is Cc1ccc(C(=O)N(C)/N=C/c2c(O)ccc3ccccc23)cc1. The number of hydrogen-bond acceptors (Lipinski definition) is 3. The molecule has 0 saturated heterocycles. The number of carbonyl (C=O) groups is 1. The van der Waals surface area contributed by atoms with Crippen LogP contribution >= 0.6 is 0 Å². The van der Waals surface area contributed by atoms with Gasteiger partial charge in [-0.05, 0) is 35.9 Å². The Hall–Kier alpha value is -3.14. The summed E-state index contributed by atoms with van der Waals surface area (Å²) >= 11 is 0. The fourth-order valence-electron chi connectivity index (χ4n) is 2.50. The van der Waals surface area contributed by atoms with Gasteiger partial charge >= 0.3 is 0 Å². The smallest absolute Gasteiger partial charge is 0.273 e. The van der Waals surface area contributed by atoms with Crippen LogP contribution in [0.4, 0.5) is 0 Å².